The normalized spacial score (nSPS) is 11.8. The molecule has 0 bridgehead atoms. The largest absolute Gasteiger partial charge is 0.508 e. The van der Waals surface area contributed by atoms with Gasteiger partial charge in [0, 0.05) is 19.2 Å². The van der Waals surface area contributed by atoms with E-state index in [1.807, 2.05) is 0 Å². The number of para-hydroxylation sites is 1. The third kappa shape index (κ3) is 2.97. The summed E-state index contributed by atoms with van der Waals surface area (Å²) in [5.74, 6) is -0.457. The predicted octanol–water partition coefficient (Wildman–Crippen LogP) is 2.35. The van der Waals surface area contributed by atoms with Crippen LogP contribution in [0.1, 0.15) is 5.56 Å². The summed E-state index contributed by atoms with van der Waals surface area (Å²) in [6.45, 7) is 0.0341. The highest BCUT2D eigenvalue weighted by atomic mass is 32.2. The fourth-order valence-corrected chi connectivity index (χ4v) is 2.90. The molecule has 0 aliphatic heterocycles. The Kier molecular flexibility index (Phi) is 4.06. The molecule has 0 radical (unpaired) electrons. The number of phenols is 1. The number of benzene rings is 2. The zero-order chi connectivity index (χ0) is 14.8. The van der Waals surface area contributed by atoms with Gasteiger partial charge in [0.05, 0.1) is 4.90 Å². The number of phenolic OH excluding ortho intramolecular Hbond substituents is 1. The predicted molar refractivity (Wildman–Crippen MR) is 73.2 cm³/mol. The molecule has 0 saturated carbocycles. The minimum atomic E-state index is -3.72. The second-order valence-electron chi connectivity index (χ2n) is 4.34. The SMILES string of the molecule is CN(Cc1ccccc1O)S(=O)(=O)c1ccc(F)cc1. The summed E-state index contributed by atoms with van der Waals surface area (Å²) in [7, 11) is -2.31. The Bertz CT molecular complexity index is 699. The molecule has 2 rings (SSSR count). The van der Waals surface area contributed by atoms with E-state index in [4.69, 9.17) is 0 Å². The fraction of sp³-hybridized carbons (Fsp3) is 0.143. The molecule has 0 heterocycles. The minimum Gasteiger partial charge on any atom is -0.508 e. The van der Waals surface area contributed by atoms with Gasteiger partial charge in [-0.2, -0.15) is 4.31 Å². The van der Waals surface area contributed by atoms with Gasteiger partial charge in [-0.25, -0.2) is 12.8 Å². The van der Waals surface area contributed by atoms with E-state index in [0.29, 0.717) is 5.56 Å². The van der Waals surface area contributed by atoms with Gasteiger partial charge in [-0.1, -0.05) is 18.2 Å². The molecule has 1 N–H and O–H groups in total. The van der Waals surface area contributed by atoms with Gasteiger partial charge in [0.1, 0.15) is 11.6 Å². The lowest BCUT2D eigenvalue weighted by atomic mass is 10.2. The van der Waals surface area contributed by atoms with Gasteiger partial charge in [-0.05, 0) is 30.3 Å². The maximum absolute atomic E-state index is 12.8. The van der Waals surface area contributed by atoms with Crippen molar-refractivity contribution in [1.82, 2.24) is 4.31 Å². The van der Waals surface area contributed by atoms with Crippen molar-refractivity contribution in [3.05, 3.63) is 59.9 Å². The maximum atomic E-state index is 12.8. The van der Waals surface area contributed by atoms with Gasteiger partial charge in [-0.15, -0.1) is 0 Å². The molecule has 0 fully saturated rings. The molecule has 0 aromatic heterocycles. The van der Waals surface area contributed by atoms with E-state index in [-0.39, 0.29) is 17.2 Å². The first kappa shape index (κ1) is 14.5. The highest BCUT2D eigenvalue weighted by Crippen LogP contribution is 2.21. The highest BCUT2D eigenvalue weighted by molar-refractivity contribution is 7.89. The highest BCUT2D eigenvalue weighted by Gasteiger charge is 2.21. The zero-order valence-electron chi connectivity index (χ0n) is 10.8. The molecule has 0 amide bonds. The van der Waals surface area contributed by atoms with Gasteiger partial charge >= 0.3 is 0 Å². The summed E-state index contributed by atoms with van der Waals surface area (Å²) in [5, 5.41) is 9.66. The first-order valence-corrected chi connectivity index (χ1v) is 7.34. The van der Waals surface area contributed by atoms with Crippen molar-refractivity contribution in [3.63, 3.8) is 0 Å². The summed E-state index contributed by atoms with van der Waals surface area (Å²) in [4.78, 5) is 0.0109. The molecule has 2 aromatic rings. The second kappa shape index (κ2) is 5.60. The lowest BCUT2D eigenvalue weighted by molar-refractivity contribution is 0.435. The fourth-order valence-electron chi connectivity index (χ4n) is 1.76. The summed E-state index contributed by atoms with van der Waals surface area (Å²) in [6.07, 6.45) is 0. The molecule has 106 valence electrons. The number of rotatable bonds is 4. The molecule has 0 aliphatic rings. The topological polar surface area (TPSA) is 57.6 Å². The maximum Gasteiger partial charge on any atom is 0.243 e. The van der Waals surface area contributed by atoms with Crippen LogP contribution in [0.3, 0.4) is 0 Å². The lowest BCUT2D eigenvalue weighted by Crippen LogP contribution is -2.26. The Morgan fingerprint density at radius 2 is 1.70 bits per heavy atom. The molecule has 0 spiro atoms. The van der Waals surface area contributed by atoms with Crippen LogP contribution in [0.15, 0.2) is 53.4 Å². The third-order valence-corrected chi connectivity index (χ3v) is 4.72. The Balaban J connectivity index is 2.26. The molecule has 0 saturated heterocycles. The van der Waals surface area contributed by atoms with E-state index in [1.54, 1.807) is 18.2 Å². The molecule has 0 atom stereocenters. The monoisotopic (exact) mass is 295 g/mol. The molecule has 0 unspecified atom stereocenters. The quantitative estimate of drug-likeness (QED) is 0.942. The van der Waals surface area contributed by atoms with E-state index < -0.39 is 15.8 Å². The number of hydrogen-bond acceptors (Lipinski definition) is 3. The molecular formula is C14H14FNO3S. The molecule has 2 aromatic carbocycles. The van der Waals surface area contributed by atoms with Crippen molar-refractivity contribution in [1.29, 1.82) is 0 Å². The first-order valence-electron chi connectivity index (χ1n) is 5.90. The van der Waals surface area contributed by atoms with Crippen molar-refractivity contribution in [3.8, 4) is 5.75 Å². The molecule has 0 aliphatic carbocycles. The number of halogens is 1. The van der Waals surface area contributed by atoms with Gasteiger partial charge in [0.25, 0.3) is 0 Å². The molecule has 20 heavy (non-hydrogen) atoms. The minimum absolute atomic E-state index is 0.0109. The van der Waals surface area contributed by atoms with Crippen LogP contribution in [0.4, 0.5) is 4.39 Å². The summed E-state index contributed by atoms with van der Waals surface area (Å²) < 4.78 is 38.5. The van der Waals surface area contributed by atoms with Gasteiger partial charge in [-0.3, -0.25) is 0 Å². The van der Waals surface area contributed by atoms with E-state index in [9.17, 15) is 17.9 Å². The van der Waals surface area contributed by atoms with Crippen LogP contribution in [0.5, 0.6) is 5.75 Å². The second-order valence-corrected chi connectivity index (χ2v) is 6.39. The Morgan fingerprint density at radius 3 is 2.30 bits per heavy atom. The Morgan fingerprint density at radius 1 is 1.10 bits per heavy atom. The van der Waals surface area contributed by atoms with Crippen molar-refractivity contribution in [2.45, 2.75) is 11.4 Å². The van der Waals surface area contributed by atoms with Crippen LogP contribution in [0.2, 0.25) is 0 Å². The van der Waals surface area contributed by atoms with Gasteiger partial charge in [0.2, 0.25) is 10.0 Å². The van der Waals surface area contributed by atoms with Crippen LogP contribution in [0.25, 0.3) is 0 Å². The number of hydrogen-bond donors (Lipinski definition) is 1. The molecule has 6 heteroatoms. The first-order chi connectivity index (χ1) is 9.41. The Hall–Kier alpha value is -1.92. The third-order valence-electron chi connectivity index (χ3n) is 2.91. The van der Waals surface area contributed by atoms with E-state index in [0.717, 1.165) is 16.4 Å². The number of sulfonamides is 1. The summed E-state index contributed by atoms with van der Waals surface area (Å²) in [6, 6.07) is 11.1. The van der Waals surface area contributed by atoms with Crippen LogP contribution >= 0.6 is 0 Å². The lowest BCUT2D eigenvalue weighted by Gasteiger charge is -2.17. The smallest absolute Gasteiger partial charge is 0.243 e. The summed E-state index contributed by atoms with van der Waals surface area (Å²) in [5.41, 5.74) is 0.501. The molecule has 4 nitrogen and oxygen atoms in total. The van der Waals surface area contributed by atoms with Crippen molar-refractivity contribution >= 4 is 10.0 Å². The Labute approximate surface area is 117 Å². The standard InChI is InChI=1S/C14H14FNO3S/c1-16(10-11-4-2-3-5-14(11)17)20(18,19)13-8-6-12(15)7-9-13/h2-9,17H,10H2,1H3. The van der Waals surface area contributed by atoms with E-state index >= 15 is 0 Å². The average Bonchev–Trinajstić information content (AvgIpc) is 2.41. The van der Waals surface area contributed by atoms with Gasteiger partial charge in [0.15, 0.2) is 0 Å². The van der Waals surface area contributed by atoms with Crippen LogP contribution in [0, 0.1) is 5.82 Å². The van der Waals surface area contributed by atoms with Crippen molar-refractivity contribution in [2.75, 3.05) is 7.05 Å². The van der Waals surface area contributed by atoms with Crippen molar-refractivity contribution in [2.24, 2.45) is 0 Å². The average molecular weight is 295 g/mol. The zero-order valence-corrected chi connectivity index (χ0v) is 11.6. The van der Waals surface area contributed by atoms with Gasteiger partial charge < -0.3 is 5.11 Å². The number of aromatic hydroxyl groups is 1. The number of nitrogens with zero attached hydrogens (tertiary/aromatic N) is 1. The molecular weight excluding hydrogens is 281 g/mol. The van der Waals surface area contributed by atoms with Crippen LogP contribution in [-0.4, -0.2) is 24.9 Å². The van der Waals surface area contributed by atoms with Crippen LogP contribution < -0.4 is 0 Å². The van der Waals surface area contributed by atoms with Crippen molar-refractivity contribution < 1.29 is 17.9 Å². The van der Waals surface area contributed by atoms with Crippen LogP contribution in [-0.2, 0) is 16.6 Å². The van der Waals surface area contributed by atoms with E-state index in [2.05, 4.69) is 0 Å². The van der Waals surface area contributed by atoms with E-state index in [1.165, 1.54) is 25.2 Å². The summed E-state index contributed by atoms with van der Waals surface area (Å²) >= 11 is 0.